The second-order valence-corrected chi connectivity index (χ2v) is 7.86. The van der Waals surface area contributed by atoms with E-state index in [9.17, 15) is 14.4 Å². The molecule has 0 spiro atoms. The molecule has 1 N–H and O–H groups in total. The smallest absolute Gasteiger partial charge is 0.264 e. The fraction of sp³-hybridized carbons (Fsp3) is 0.556. The third-order valence-corrected chi connectivity index (χ3v) is 5.98. The van der Waals surface area contributed by atoms with Crippen molar-refractivity contribution in [1.29, 1.82) is 0 Å². The van der Waals surface area contributed by atoms with Crippen molar-refractivity contribution in [2.75, 3.05) is 39.8 Å². The molecule has 1 fully saturated rings. The standard InChI is InChI=1S/C18H25N5O3S/c1-4-5-19-13(24)10-23-11-20-16-14(17(23)25)12(2)15(27-16)18(26)22-8-6-21(3)7-9-22/h11H,4-10H2,1-3H3,(H,19,24). The van der Waals surface area contributed by atoms with Crippen LogP contribution in [0.2, 0.25) is 0 Å². The Morgan fingerprint density at radius 3 is 2.63 bits per heavy atom. The van der Waals surface area contributed by atoms with Gasteiger partial charge < -0.3 is 15.1 Å². The molecule has 27 heavy (non-hydrogen) atoms. The van der Waals surface area contributed by atoms with Crippen molar-refractivity contribution in [3.8, 4) is 0 Å². The van der Waals surface area contributed by atoms with Crippen LogP contribution in [0.5, 0.6) is 0 Å². The molecule has 0 unspecified atom stereocenters. The Balaban J connectivity index is 1.88. The highest BCUT2D eigenvalue weighted by molar-refractivity contribution is 7.20. The number of hydrogen-bond donors (Lipinski definition) is 1. The third-order valence-electron chi connectivity index (χ3n) is 4.79. The van der Waals surface area contributed by atoms with E-state index in [1.807, 2.05) is 18.9 Å². The highest BCUT2D eigenvalue weighted by Gasteiger charge is 2.26. The minimum Gasteiger partial charge on any atom is -0.355 e. The molecule has 2 aromatic rings. The van der Waals surface area contributed by atoms with Crippen molar-refractivity contribution in [2.45, 2.75) is 26.8 Å². The number of amides is 2. The zero-order chi connectivity index (χ0) is 19.6. The molecule has 1 saturated heterocycles. The van der Waals surface area contributed by atoms with E-state index in [2.05, 4.69) is 15.2 Å². The number of nitrogens with one attached hydrogen (secondary N) is 1. The first-order valence-electron chi connectivity index (χ1n) is 9.15. The maximum atomic E-state index is 12.9. The Bertz CT molecular complexity index is 912. The Morgan fingerprint density at radius 2 is 1.96 bits per heavy atom. The van der Waals surface area contributed by atoms with Crippen LogP contribution in [-0.2, 0) is 11.3 Å². The second-order valence-electron chi connectivity index (χ2n) is 6.86. The van der Waals surface area contributed by atoms with Crippen molar-refractivity contribution in [2.24, 2.45) is 0 Å². The van der Waals surface area contributed by atoms with Gasteiger partial charge in [-0.2, -0.15) is 0 Å². The number of fused-ring (bicyclic) bond motifs is 1. The van der Waals surface area contributed by atoms with E-state index in [0.29, 0.717) is 40.3 Å². The van der Waals surface area contributed by atoms with Crippen LogP contribution in [0.15, 0.2) is 11.1 Å². The van der Waals surface area contributed by atoms with Crippen LogP contribution in [0.1, 0.15) is 28.6 Å². The van der Waals surface area contributed by atoms with Crippen LogP contribution in [0.4, 0.5) is 0 Å². The summed E-state index contributed by atoms with van der Waals surface area (Å²) in [6.45, 7) is 7.29. The van der Waals surface area contributed by atoms with Crippen molar-refractivity contribution in [3.63, 3.8) is 0 Å². The quantitative estimate of drug-likeness (QED) is 0.810. The molecular formula is C18H25N5O3S. The molecule has 2 aromatic heterocycles. The number of rotatable bonds is 5. The summed E-state index contributed by atoms with van der Waals surface area (Å²) in [5.41, 5.74) is 0.373. The fourth-order valence-corrected chi connectivity index (χ4v) is 4.21. The van der Waals surface area contributed by atoms with Gasteiger partial charge in [0.15, 0.2) is 0 Å². The number of thiophene rings is 1. The topological polar surface area (TPSA) is 87.5 Å². The highest BCUT2D eigenvalue weighted by Crippen LogP contribution is 2.28. The molecule has 0 saturated carbocycles. The first-order chi connectivity index (χ1) is 12.9. The van der Waals surface area contributed by atoms with Gasteiger partial charge in [0, 0.05) is 32.7 Å². The molecule has 8 nitrogen and oxygen atoms in total. The number of likely N-dealkylation sites (N-methyl/N-ethyl adjacent to an activating group) is 1. The van der Waals surface area contributed by atoms with Crippen LogP contribution < -0.4 is 10.9 Å². The molecule has 3 rings (SSSR count). The lowest BCUT2D eigenvalue weighted by molar-refractivity contribution is -0.121. The van der Waals surface area contributed by atoms with Gasteiger partial charge in [0.1, 0.15) is 11.4 Å². The summed E-state index contributed by atoms with van der Waals surface area (Å²) in [6, 6.07) is 0. The lowest BCUT2D eigenvalue weighted by Crippen LogP contribution is -2.47. The monoisotopic (exact) mass is 391 g/mol. The summed E-state index contributed by atoms with van der Waals surface area (Å²) >= 11 is 1.25. The summed E-state index contributed by atoms with van der Waals surface area (Å²) < 4.78 is 1.30. The summed E-state index contributed by atoms with van der Waals surface area (Å²) in [4.78, 5) is 47.1. The van der Waals surface area contributed by atoms with Gasteiger partial charge in [-0.3, -0.25) is 19.0 Å². The number of hydrogen-bond acceptors (Lipinski definition) is 6. The van der Waals surface area contributed by atoms with Gasteiger partial charge >= 0.3 is 0 Å². The minimum atomic E-state index is -0.280. The van der Waals surface area contributed by atoms with Crippen LogP contribution in [0.3, 0.4) is 0 Å². The Hall–Kier alpha value is -2.26. The predicted molar refractivity (Wildman–Crippen MR) is 105 cm³/mol. The summed E-state index contributed by atoms with van der Waals surface area (Å²) in [5.74, 6) is -0.267. The van der Waals surface area contributed by atoms with Gasteiger partial charge in [-0.05, 0) is 26.0 Å². The van der Waals surface area contributed by atoms with Crippen molar-refractivity contribution in [3.05, 3.63) is 27.1 Å². The van der Waals surface area contributed by atoms with Crippen molar-refractivity contribution >= 4 is 33.4 Å². The number of carbonyl (C=O) groups excluding carboxylic acids is 2. The molecule has 9 heteroatoms. The van der Waals surface area contributed by atoms with Gasteiger partial charge in [-0.1, -0.05) is 6.92 Å². The lowest BCUT2D eigenvalue weighted by atomic mass is 10.2. The Labute approximate surface area is 161 Å². The van der Waals surface area contributed by atoms with Crippen molar-refractivity contribution < 1.29 is 9.59 Å². The number of carbonyl (C=O) groups is 2. The zero-order valence-corrected chi connectivity index (χ0v) is 16.8. The minimum absolute atomic E-state index is 0.0461. The molecule has 1 aliphatic rings. The van der Waals surface area contributed by atoms with Gasteiger partial charge in [-0.15, -0.1) is 11.3 Å². The molecule has 0 aliphatic carbocycles. The first-order valence-corrected chi connectivity index (χ1v) is 9.97. The maximum Gasteiger partial charge on any atom is 0.264 e. The molecule has 0 atom stereocenters. The predicted octanol–water partition coefficient (Wildman–Crippen LogP) is 0.680. The Kier molecular flexibility index (Phi) is 5.91. The SMILES string of the molecule is CCCNC(=O)Cn1cnc2sc(C(=O)N3CCN(C)CC3)c(C)c2c1=O. The van der Waals surface area contributed by atoms with Gasteiger partial charge in [0.05, 0.1) is 16.6 Å². The lowest BCUT2D eigenvalue weighted by Gasteiger charge is -2.32. The van der Waals surface area contributed by atoms with E-state index >= 15 is 0 Å². The van der Waals surface area contributed by atoms with Gasteiger partial charge in [-0.25, -0.2) is 4.98 Å². The zero-order valence-electron chi connectivity index (χ0n) is 15.9. The average Bonchev–Trinajstić information content (AvgIpc) is 2.99. The van der Waals surface area contributed by atoms with Crippen molar-refractivity contribution in [1.82, 2.24) is 24.7 Å². The molecule has 1 aliphatic heterocycles. The van der Waals surface area contributed by atoms with E-state index in [4.69, 9.17) is 0 Å². The third kappa shape index (κ3) is 4.03. The molecule has 146 valence electrons. The van der Waals surface area contributed by atoms with Crippen LogP contribution in [0, 0.1) is 6.92 Å². The highest BCUT2D eigenvalue weighted by atomic mass is 32.1. The van der Waals surface area contributed by atoms with Gasteiger partial charge in [0.25, 0.3) is 11.5 Å². The maximum absolute atomic E-state index is 12.9. The first kappa shape index (κ1) is 19.5. The van der Waals surface area contributed by atoms with E-state index in [1.165, 1.54) is 22.2 Å². The largest absolute Gasteiger partial charge is 0.355 e. The summed E-state index contributed by atoms with van der Waals surface area (Å²) in [7, 11) is 2.04. The average molecular weight is 391 g/mol. The number of aryl methyl sites for hydroxylation is 1. The van der Waals surface area contributed by atoms with E-state index in [0.717, 1.165) is 19.5 Å². The molecule has 0 radical (unpaired) electrons. The molecule has 0 bridgehead atoms. The molecule has 2 amide bonds. The Morgan fingerprint density at radius 1 is 1.26 bits per heavy atom. The fourth-order valence-electron chi connectivity index (χ4n) is 3.10. The van der Waals surface area contributed by atoms with Crippen LogP contribution in [0.25, 0.3) is 10.2 Å². The molecule has 0 aromatic carbocycles. The molecule has 3 heterocycles. The number of aromatic nitrogens is 2. The second kappa shape index (κ2) is 8.18. The van der Waals surface area contributed by atoms with E-state index in [-0.39, 0.29) is 23.9 Å². The van der Waals surface area contributed by atoms with E-state index < -0.39 is 0 Å². The summed E-state index contributed by atoms with van der Waals surface area (Å²) in [5, 5.41) is 3.19. The number of nitrogens with zero attached hydrogens (tertiary/aromatic N) is 4. The summed E-state index contributed by atoms with van der Waals surface area (Å²) in [6.07, 6.45) is 2.22. The van der Waals surface area contributed by atoms with Crippen LogP contribution >= 0.6 is 11.3 Å². The number of piperazine rings is 1. The normalized spacial score (nSPS) is 15.3. The van der Waals surface area contributed by atoms with Crippen LogP contribution in [-0.4, -0.2) is 70.9 Å². The van der Waals surface area contributed by atoms with Gasteiger partial charge in [0.2, 0.25) is 5.91 Å². The van der Waals surface area contributed by atoms with E-state index in [1.54, 1.807) is 6.92 Å². The molecular weight excluding hydrogens is 366 g/mol.